The average Bonchev–Trinajstić information content (AvgIpc) is 2.29. The number of aliphatic imine (C=N–C) groups is 1. The van der Waals surface area contributed by atoms with Crippen molar-refractivity contribution in [2.75, 3.05) is 45.7 Å². The molecule has 2 N–H and O–H groups in total. The van der Waals surface area contributed by atoms with Crippen LogP contribution in [0.25, 0.3) is 0 Å². The Kier molecular flexibility index (Phi) is 14.8. The zero-order valence-electron chi connectivity index (χ0n) is 11.7. The van der Waals surface area contributed by atoms with Crippen molar-refractivity contribution in [3.63, 3.8) is 0 Å². The van der Waals surface area contributed by atoms with Gasteiger partial charge in [-0.15, -0.1) is 24.0 Å². The molecule has 0 heterocycles. The molecule has 0 radical (unpaired) electrons. The van der Waals surface area contributed by atoms with E-state index in [0.717, 1.165) is 24.8 Å². The van der Waals surface area contributed by atoms with Gasteiger partial charge in [0.1, 0.15) is 0 Å². The molecule has 18 heavy (non-hydrogen) atoms. The van der Waals surface area contributed by atoms with Crippen LogP contribution in [0.5, 0.6) is 0 Å². The van der Waals surface area contributed by atoms with Gasteiger partial charge in [-0.25, -0.2) is 0 Å². The maximum absolute atomic E-state index is 11.4. The molecular weight excluding hydrogens is 363 g/mol. The van der Waals surface area contributed by atoms with Gasteiger partial charge in [0.05, 0.1) is 6.54 Å². The normalized spacial score (nSPS) is 10.6. The number of halogens is 1. The highest BCUT2D eigenvalue weighted by Crippen LogP contribution is 1.90. The third kappa shape index (κ3) is 10.9. The lowest BCUT2D eigenvalue weighted by Gasteiger charge is -2.13. The van der Waals surface area contributed by atoms with E-state index < -0.39 is 0 Å². The first-order valence-electron chi connectivity index (χ1n) is 5.83. The fourth-order valence-corrected chi connectivity index (χ4v) is 1.38. The Morgan fingerprint density at radius 3 is 2.50 bits per heavy atom. The van der Waals surface area contributed by atoms with E-state index in [9.17, 15) is 4.79 Å². The van der Waals surface area contributed by atoms with Crippen molar-refractivity contribution in [2.45, 2.75) is 13.3 Å². The number of carbonyl (C=O) groups excluding carboxylic acids is 1. The van der Waals surface area contributed by atoms with Gasteiger partial charge in [0.2, 0.25) is 5.91 Å². The monoisotopic (exact) mass is 388 g/mol. The molecule has 0 aliphatic rings. The summed E-state index contributed by atoms with van der Waals surface area (Å²) in [4.78, 5) is 17.4. The lowest BCUT2D eigenvalue weighted by atomic mass is 10.4. The van der Waals surface area contributed by atoms with Gasteiger partial charge in [-0.05, 0) is 13.2 Å². The van der Waals surface area contributed by atoms with Gasteiger partial charge in [0.25, 0.3) is 0 Å². The second-order valence-corrected chi connectivity index (χ2v) is 4.70. The molecule has 108 valence electrons. The molecule has 5 nitrogen and oxygen atoms in total. The van der Waals surface area contributed by atoms with Crippen molar-refractivity contribution in [1.82, 2.24) is 15.5 Å². The minimum absolute atomic E-state index is 0. The summed E-state index contributed by atoms with van der Waals surface area (Å²) in [6.07, 6.45) is 2.55. The van der Waals surface area contributed by atoms with E-state index >= 15 is 0 Å². The van der Waals surface area contributed by atoms with Gasteiger partial charge in [-0.3, -0.25) is 9.79 Å². The minimum Gasteiger partial charge on any atom is -0.357 e. The lowest BCUT2D eigenvalue weighted by molar-refractivity contribution is -0.128. The second kappa shape index (κ2) is 13.3. The molecule has 0 saturated carbocycles. The summed E-state index contributed by atoms with van der Waals surface area (Å²) in [7, 11) is 3.53. The van der Waals surface area contributed by atoms with Crippen LogP contribution in [0.1, 0.15) is 13.3 Å². The van der Waals surface area contributed by atoms with E-state index in [-0.39, 0.29) is 29.9 Å². The van der Waals surface area contributed by atoms with Crippen LogP contribution < -0.4 is 10.6 Å². The van der Waals surface area contributed by atoms with Gasteiger partial charge in [0.15, 0.2) is 5.96 Å². The van der Waals surface area contributed by atoms with Crippen LogP contribution in [0, 0.1) is 0 Å². The summed E-state index contributed by atoms with van der Waals surface area (Å²) >= 11 is 1.77. The van der Waals surface area contributed by atoms with Crippen molar-refractivity contribution in [1.29, 1.82) is 0 Å². The summed E-state index contributed by atoms with van der Waals surface area (Å²) in [5, 5.41) is 6.30. The molecule has 0 aromatic heterocycles. The Morgan fingerprint density at radius 2 is 2.00 bits per heavy atom. The van der Waals surface area contributed by atoms with E-state index in [1.54, 1.807) is 30.8 Å². The summed E-state index contributed by atoms with van der Waals surface area (Å²) < 4.78 is 0. The molecular formula is C11H25IN4OS. The zero-order chi connectivity index (χ0) is 13.1. The molecule has 0 spiro atoms. The van der Waals surface area contributed by atoms with Gasteiger partial charge in [-0.1, -0.05) is 0 Å². The molecule has 0 atom stereocenters. The predicted molar refractivity (Wildman–Crippen MR) is 91.1 cm³/mol. The highest BCUT2D eigenvalue weighted by atomic mass is 127. The van der Waals surface area contributed by atoms with Crippen LogP contribution in [-0.4, -0.2) is 62.5 Å². The van der Waals surface area contributed by atoms with E-state index in [1.807, 2.05) is 6.92 Å². The van der Waals surface area contributed by atoms with Crippen molar-refractivity contribution in [2.24, 2.45) is 4.99 Å². The average molecular weight is 388 g/mol. The molecule has 0 aliphatic heterocycles. The topological polar surface area (TPSA) is 56.7 Å². The third-order valence-corrected chi connectivity index (χ3v) is 2.63. The van der Waals surface area contributed by atoms with Crippen LogP contribution in [0.4, 0.5) is 0 Å². The molecule has 0 aromatic carbocycles. The zero-order valence-corrected chi connectivity index (χ0v) is 14.8. The Bertz CT molecular complexity index is 249. The maximum Gasteiger partial charge on any atom is 0.223 e. The molecule has 0 rings (SSSR count). The first kappa shape index (κ1) is 20.1. The second-order valence-electron chi connectivity index (χ2n) is 3.72. The predicted octanol–water partition coefficient (Wildman–Crippen LogP) is 1.00. The van der Waals surface area contributed by atoms with E-state index in [4.69, 9.17) is 0 Å². The first-order valence-corrected chi connectivity index (χ1v) is 7.22. The van der Waals surface area contributed by atoms with Crippen LogP contribution >= 0.6 is 35.7 Å². The highest BCUT2D eigenvalue weighted by molar-refractivity contribution is 14.0. The molecule has 0 aliphatic carbocycles. The van der Waals surface area contributed by atoms with E-state index in [1.165, 1.54) is 0 Å². The smallest absolute Gasteiger partial charge is 0.223 e. The number of rotatable bonds is 7. The van der Waals surface area contributed by atoms with E-state index in [0.29, 0.717) is 13.0 Å². The Morgan fingerprint density at radius 1 is 1.33 bits per heavy atom. The van der Waals surface area contributed by atoms with E-state index in [2.05, 4.69) is 21.9 Å². The number of nitrogens with zero attached hydrogens (tertiary/aromatic N) is 2. The minimum atomic E-state index is 0. The Balaban J connectivity index is 0. The van der Waals surface area contributed by atoms with Gasteiger partial charge < -0.3 is 15.5 Å². The number of guanidine groups is 1. The summed E-state index contributed by atoms with van der Waals surface area (Å²) in [6.45, 7) is 4.25. The van der Waals surface area contributed by atoms with Crippen molar-refractivity contribution in [3.05, 3.63) is 0 Å². The van der Waals surface area contributed by atoms with Crippen LogP contribution in [0.2, 0.25) is 0 Å². The summed E-state index contributed by atoms with van der Waals surface area (Å²) in [6, 6.07) is 0. The molecule has 1 amide bonds. The van der Waals surface area contributed by atoms with Crippen LogP contribution in [0.15, 0.2) is 4.99 Å². The third-order valence-electron chi connectivity index (χ3n) is 2.04. The number of carbonyl (C=O) groups is 1. The summed E-state index contributed by atoms with van der Waals surface area (Å²) in [5.41, 5.74) is 0. The molecule has 0 aromatic rings. The molecule has 0 unspecified atom stereocenters. The van der Waals surface area contributed by atoms with Crippen molar-refractivity contribution < 1.29 is 4.79 Å². The van der Waals surface area contributed by atoms with Crippen LogP contribution in [-0.2, 0) is 4.79 Å². The number of amides is 1. The quantitative estimate of drug-likeness (QED) is 0.296. The fraction of sp³-hybridized carbons (Fsp3) is 0.818. The highest BCUT2D eigenvalue weighted by Gasteiger charge is 2.03. The Hall–Kier alpha value is -0.180. The molecule has 0 bridgehead atoms. The SMILES string of the molecule is CCNC(=NCCSC)NCCC(=O)N(C)C.I. The first-order chi connectivity index (χ1) is 8.11. The fourth-order valence-electron chi connectivity index (χ4n) is 1.10. The van der Waals surface area contributed by atoms with Gasteiger partial charge in [0, 0.05) is 39.4 Å². The van der Waals surface area contributed by atoms with Crippen molar-refractivity contribution >= 4 is 47.6 Å². The largest absolute Gasteiger partial charge is 0.357 e. The van der Waals surface area contributed by atoms with Crippen LogP contribution in [0.3, 0.4) is 0 Å². The van der Waals surface area contributed by atoms with Gasteiger partial charge in [-0.2, -0.15) is 11.8 Å². The molecule has 0 saturated heterocycles. The van der Waals surface area contributed by atoms with Gasteiger partial charge >= 0.3 is 0 Å². The number of hydrogen-bond donors (Lipinski definition) is 2. The summed E-state index contributed by atoms with van der Waals surface area (Å²) in [5.74, 6) is 1.92. The lowest BCUT2D eigenvalue weighted by Crippen LogP contribution is -2.39. The maximum atomic E-state index is 11.4. The number of nitrogens with one attached hydrogen (secondary N) is 2. The number of hydrogen-bond acceptors (Lipinski definition) is 3. The van der Waals surface area contributed by atoms with Crippen molar-refractivity contribution in [3.8, 4) is 0 Å². The molecule has 7 heteroatoms. The number of thioether (sulfide) groups is 1. The molecule has 0 fully saturated rings. The standard InChI is InChI=1S/C11H24N4OS.HI/c1-5-12-11(14-8-9-17-4)13-7-6-10(16)15(2)3;/h5-9H2,1-4H3,(H2,12,13,14);1H. The Labute approximate surface area is 132 Å².